The second kappa shape index (κ2) is 4.91. The van der Waals surface area contributed by atoms with Crippen molar-refractivity contribution in [3.8, 4) is 0 Å². The van der Waals surface area contributed by atoms with Gasteiger partial charge in [0.15, 0.2) is 0 Å². The molecule has 86 valence electrons. The molecule has 0 radical (unpaired) electrons. The first kappa shape index (κ1) is 11.5. The summed E-state index contributed by atoms with van der Waals surface area (Å²) in [5.41, 5.74) is 2.24. The lowest BCUT2D eigenvalue weighted by atomic mass is 10.2. The standard InChI is InChI=1S/C13H16O2S/c1-10-4-2-5-11(8-10)9-16(15)13-7-3-6-12(13)14/h2,4-5,8,13H,3,6-7,9H2,1H3. The topological polar surface area (TPSA) is 34.1 Å². The molecule has 0 saturated heterocycles. The van der Waals surface area contributed by atoms with Gasteiger partial charge in [-0.05, 0) is 25.3 Å². The summed E-state index contributed by atoms with van der Waals surface area (Å²) in [4.78, 5) is 11.5. The number of carbonyl (C=O) groups is 1. The van der Waals surface area contributed by atoms with Crippen molar-refractivity contribution in [2.45, 2.75) is 37.2 Å². The minimum Gasteiger partial charge on any atom is -0.298 e. The average molecular weight is 236 g/mol. The van der Waals surface area contributed by atoms with Crippen LogP contribution in [-0.4, -0.2) is 15.2 Å². The molecule has 1 aliphatic rings. The van der Waals surface area contributed by atoms with Gasteiger partial charge in [-0.25, -0.2) is 0 Å². The Hall–Kier alpha value is -0.960. The number of ketones is 1. The predicted molar refractivity (Wildman–Crippen MR) is 65.7 cm³/mol. The van der Waals surface area contributed by atoms with E-state index in [2.05, 4.69) is 0 Å². The van der Waals surface area contributed by atoms with Gasteiger partial charge in [0.25, 0.3) is 0 Å². The molecule has 0 bridgehead atoms. The van der Waals surface area contributed by atoms with Crippen LogP contribution in [0.4, 0.5) is 0 Å². The lowest BCUT2D eigenvalue weighted by Crippen LogP contribution is -2.20. The predicted octanol–water partition coefficient (Wildman–Crippen LogP) is 2.37. The summed E-state index contributed by atoms with van der Waals surface area (Å²) in [5.74, 6) is 0.698. The molecule has 0 aromatic heterocycles. The summed E-state index contributed by atoms with van der Waals surface area (Å²) in [6.07, 6.45) is 2.32. The SMILES string of the molecule is Cc1cccc(CS(=O)C2CCCC2=O)c1. The molecule has 0 spiro atoms. The molecule has 3 heteroatoms. The maximum Gasteiger partial charge on any atom is 0.148 e. The highest BCUT2D eigenvalue weighted by Crippen LogP contribution is 2.21. The molecule has 16 heavy (non-hydrogen) atoms. The number of hydrogen-bond acceptors (Lipinski definition) is 2. The van der Waals surface area contributed by atoms with Gasteiger partial charge in [0.05, 0.1) is 5.25 Å². The number of hydrogen-bond donors (Lipinski definition) is 0. The van der Waals surface area contributed by atoms with Crippen LogP contribution in [-0.2, 0) is 21.3 Å². The van der Waals surface area contributed by atoms with E-state index in [-0.39, 0.29) is 11.0 Å². The highest BCUT2D eigenvalue weighted by molar-refractivity contribution is 7.85. The van der Waals surface area contributed by atoms with Crippen molar-refractivity contribution < 1.29 is 9.00 Å². The maximum absolute atomic E-state index is 12.0. The lowest BCUT2D eigenvalue weighted by Gasteiger charge is -2.08. The summed E-state index contributed by atoms with van der Waals surface area (Å²) in [6, 6.07) is 8.01. The van der Waals surface area contributed by atoms with Crippen LogP contribution < -0.4 is 0 Å². The third-order valence-corrected chi connectivity index (χ3v) is 4.71. The van der Waals surface area contributed by atoms with E-state index in [0.29, 0.717) is 12.2 Å². The van der Waals surface area contributed by atoms with Crippen LogP contribution in [0, 0.1) is 6.92 Å². The van der Waals surface area contributed by atoms with E-state index in [1.54, 1.807) is 0 Å². The van der Waals surface area contributed by atoms with Crippen LogP contribution in [0.25, 0.3) is 0 Å². The van der Waals surface area contributed by atoms with Crippen molar-refractivity contribution in [2.24, 2.45) is 0 Å². The first-order chi connectivity index (χ1) is 7.66. The smallest absolute Gasteiger partial charge is 0.148 e. The highest BCUT2D eigenvalue weighted by atomic mass is 32.2. The van der Waals surface area contributed by atoms with Crippen LogP contribution in [0.2, 0.25) is 0 Å². The second-order valence-electron chi connectivity index (χ2n) is 4.36. The second-order valence-corrected chi connectivity index (χ2v) is 5.98. The zero-order valence-electron chi connectivity index (χ0n) is 9.44. The van der Waals surface area contributed by atoms with Gasteiger partial charge in [0.1, 0.15) is 5.78 Å². The third kappa shape index (κ3) is 2.59. The van der Waals surface area contributed by atoms with E-state index >= 15 is 0 Å². The van der Waals surface area contributed by atoms with Crippen LogP contribution in [0.15, 0.2) is 24.3 Å². The minimum absolute atomic E-state index is 0.186. The summed E-state index contributed by atoms with van der Waals surface area (Å²) in [6.45, 7) is 2.02. The normalized spacial score (nSPS) is 22.3. The van der Waals surface area contributed by atoms with Gasteiger partial charge in [-0.2, -0.15) is 0 Å². The van der Waals surface area contributed by atoms with Gasteiger partial charge in [0.2, 0.25) is 0 Å². The fourth-order valence-electron chi connectivity index (χ4n) is 2.13. The maximum atomic E-state index is 12.0. The fraction of sp³-hybridized carbons (Fsp3) is 0.462. The van der Waals surface area contributed by atoms with Crippen molar-refractivity contribution in [3.63, 3.8) is 0 Å². The molecule has 0 amide bonds. The van der Waals surface area contributed by atoms with E-state index in [1.807, 2.05) is 31.2 Å². The minimum atomic E-state index is -1.03. The summed E-state index contributed by atoms with van der Waals surface area (Å²) in [7, 11) is -1.03. The Kier molecular flexibility index (Phi) is 3.54. The molecular weight excluding hydrogens is 220 g/mol. The Morgan fingerprint density at radius 2 is 2.25 bits per heavy atom. The fourth-order valence-corrected chi connectivity index (χ4v) is 3.68. The van der Waals surface area contributed by atoms with Gasteiger partial charge in [-0.15, -0.1) is 0 Å². The van der Waals surface area contributed by atoms with Crippen molar-refractivity contribution >= 4 is 16.6 Å². The number of aryl methyl sites for hydroxylation is 1. The molecule has 2 nitrogen and oxygen atoms in total. The van der Waals surface area contributed by atoms with E-state index in [0.717, 1.165) is 18.4 Å². The molecule has 1 aliphatic carbocycles. The Morgan fingerprint density at radius 3 is 2.88 bits per heavy atom. The van der Waals surface area contributed by atoms with Crippen molar-refractivity contribution in [1.29, 1.82) is 0 Å². The zero-order chi connectivity index (χ0) is 11.5. The van der Waals surface area contributed by atoms with Crippen molar-refractivity contribution in [2.75, 3.05) is 0 Å². The van der Waals surface area contributed by atoms with Gasteiger partial charge >= 0.3 is 0 Å². The highest BCUT2D eigenvalue weighted by Gasteiger charge is 2.29. The Labute approximate surface area is 98.5 Å². The summed E-state index contributed by atoms with van der Waals surface area (Å²) in [5, 5.41) is -0.208. The van der Waals surface area contributed by atoms with Crippen LogP contribution in [0.5, 0.6) is 0 Å². The molecule has 2 atom stereocenters. The van der Waals surface area contributed by atoms with Gasteiger partial charge < -0.3 is 0 Å². The number of Topliss-reactive ketones (excluding diaryl/α,β-unsaturated/α-hetero) is 1. The number of carbonyl (C=O) groups excluding carboxylic acids is 1. The molecule has 0 aliphatic heterocycles. The molecular formula is C13H16O2S. The van der Waals surface area contributed by atoms with Crippen LogP contribution in [0.1, 0.15) is 30.4 Å². The zero-order valence-corrected chi connectivity index (χ0v) is 10.3. The molecule has 1 fully saturated rings. The number of rotatable bonds is 3. The first-order valence-electron chi connectivity index (χ1n) is 5.62. The summed E-state index contributed by atoms with van der Waals surface area (Å²) >= 11 is 0. The van der Waals surface area contributed by atoms with E-state index in [1.165, 1.54) is 5.56 Å². The van der Waals surface area contributed by atoms with Gasteiger partial charge in [0, 0.05) is 23.0 Å². The first-order valence-corrected chi connectivity index (χ1v) is 7.00. The Balaban J connectivity index is 2.04. The molecule has 1 saturated carbocycles. The average Bonchev–Trinajstić information content (AvgIpc) is 2.64. The van der Waals surface area contributed by atoms with Gasteiger partial charge in [-0.1, -0.05) is 29.8 Å². The van der Waals surface area contributed by atoms with Crippen LogP contribution in [0.3, 0.4) is 0 Å². The molecule has 0 N–H and O–H groups in total. The lowest BCUT2D eigenvalue weighted by molar-refractivity contribution is -0.117. The monoisotopic (exact) mass is 236 g/mol. The third-order valence-electron chi connectivity index (χ3n) is 2.96. The summed E-state index contributed by atoms with van der Waals surface area (Å²) < 4.78 is 12.0. The Morgan fingerprint density at radius 1 is 1.44 bits per heavy atom. The van der Waals surface area contributed by atoms with Crippen molar-refractivity contribution in [3.05, 3.63) is 35.4 Å². The quantitative estimate of drug-likeness (QED) is 0.807. The largest absolute Gasteiger partial charge is 0.298 e. The molecule has 2 unspecified atom stereocenters. The molecule has 1 aromatic rings. The molecule has 0 heterocycles. The van der Waals surface area contributed by atoms with Gasteiger partial charge in [-0.3, -0.25) is 9.00 Å². The number of benzene rings is 1. The van der Waals surface area contributed by atoms with E-state index in [4.69, 9.17) is 0 Å². The molecule has 1 aromatic carbocycles. The van der Waals surface area contributed by atoms with E-state index < -0.39 is 10.8 Å². The van der Waals surface area contributed by atoms with Crippen molar-refractivity contribution in [1.82, 2.24) is 0 Å². The van der Waals surface area contributed by atoms with Crippen LogP contribution >= 0.6 is 0 Å². The molecule has 2 rings (SSSR count). The van der Waals surface area contributed by atoms with E-state index in [9.17, 15) is 9.00 Å². The Bertz CT molecular complexity index is 426.